The molecule has 0 unspecified atom stereocenters. The number of hydrogen-bond acceptors (Lipinski definition) is 4. The van der Waals surface area contributed by atoms with Gasteiger partial charge in [0, 0.05) is 30.7 Å². The Morgan fingerprint density at radius 2 is 2.00 bits per heavy atom. The third kappa shape index (κ3) is 8.52. The Labute approximate surface area is 91.3 Å². The molecule has 2 amide bonds. The average Bonchev–Trinajstić information content (AvgIpc) is 2.58. The van der Waals surface area contributed by atoms with Crippen molar-refractivity contribution in [2.75, 3.05) is 6.54 Å². The van der Waals surface area contributed by atoms with Crippen molar-refractivity contribution in [1.29, 1.82) is 0 Å². The number of azide groups is 1. The highest BCUT2D eigenvalue weighted by molar-refractivity contribution is 6.01. The number of amides is 2. The lowest BCUT2D eigenvalue weighted by Gasteiger charge is -1.86. The van der Waals surface area contributed by atoms with Gasteiger partial charge in [-0.3, -0.25) is 19.7 Å². The third-order valence-corrected chi connectivity index (χ3v) is 1.57. The van der Waals surface area contributed by atoms with Gasteiger partial charge in [0.25, 0.3) is 0 Å². The second-order valence-electron chi connectivity index (χ2n) is 2.92. The molecule has 8 nitrogen and oxygen atoms in total. The van der Waals surface area contributed by atoms with Crippen molar-refractivity contribution >= 4 is 17.8 Å². The van der Waals surface area contributed by atoms with E-state index in [4.69, 9.17) is 10.6 Å². The Kier molecular flexibility index (Phi) is 7.17. The first-order valence-electron chi connectivity index (χ1n) is 4.61. The van der Waals surface area contributed by atoms with Crippen molar-refractivity contribution in [3.63, 3.8) is 0 Å². The number of imide groups is 1. The Morgan fingerprint density at radius 3 is 2.31 bits per heavy atom. The van der Waals surface area contributed by atoms with Gasteiger partial charge in [0.05, 0.1) is 0 Å². The zero-order valence-corrected chi connectivity index (χ0v) is 8.55. The fourth-order valence-corrected chi connectivity index (χ4v) is 0.853. The number of carbonyl (C=O) groups excluding carboxylic acids is 2. The number of rotatable bonds is 4. The minimum absolute atomic E-state index is 0.0685. The van der Waals surface area contributed by atoms with Gasteiger partial charge >= 0.3 is 5.97 Å². The van der Waals surface area contributed by atoms with Crippen LogP contribution in [0.3, 0.4) is 0 Å². The molecule has 0 radical (unpaired) electrons. The number of hydrogen-bond donors (Lipinski definition) is 2. The fourth-order valence-electron chi connectivity index (χ4n) is 0.853. The first kappa shape index (κ1) is 13.9. The van der Waals surface area contributed by atoms with Crippen LogP contribution in [0, 0.1) is 0 Å². The molecule has 1 saturated heterocycles. The Hall–Kier alpha value is -2.08. The number of carboxylic acid groups (broad SMARTS) is 1. The van der Waals surface area contributed by atoms with Crippen LogP contribution < -0.4 is 5.32 Å². The lowest BCUT2D eigenvalue weighted by atomic mass is 10.3. The molecule has 1 heterocycles. The molecule has 0 saturated carbocycles. The van der Waals surface area contributed by atoms with Crippen molar-refractivity contribution in [1.82, 2.24) is 5.32 Å². The van der Waals surface area contributed by atoms with Crippen LogP contribution in [-0.4, -0.2) is 29.4 Å². The van der Waals surface area contributed by atoms with Crippen molar-refractivity contribution in [3.8, 4) is 0 Å². The van der Waals surface area contributed by atoms with Gasteiger partial charge in [0.1, 0.15) is 0 Å². The van der Waals surface area contributed by atoms with Crippen LogP contribution in [0.5, 0.6) is 0 Å². The molecule has 0 aromatic rings. The second kappa shape index (κ2) is 8.25. The number of nitrogens with zero attached hydrogens (tertiary/aromatic N) is 3. The molecule has 16 heavy (non-hydrogen) atoms. The van der Waals surface area contributed by atoms with Crippen molar-refractivity contribution in [2.24, 2.45) is 5.11 Å². The molecule has 1 aliphatic heterocycles. The van der Waals surface area contributed by atoms with E-state index in [2.05, 4.69) is 15.3 Å². The highest BCUT2D eigenvalue weighted by Crippen LogP contribution is 1.95. The zero-order valence-electron chi connectivity index (χ0n) is 8.55. The average molecular weight is 228 g/mol. The molecule has 0 spiro atoms. The fraction of sp³-hybridized carbons (Fsp3) is 0.625. The summed E-state index contributed by atoms with van der Waals surface area (Å²) in [7, 11) is 0. The van der Waals surface area contributed by atoms with Gasteiger partial charge in [-0.15, -0.1) is 0 Å². The molecular formula is C8H12N4O4. The summed E-state index contributed by atoms with van der Waals surface area (Å²) in [5.74, 6) is -1.15. The van der Waals surface area contributed by atoms with Gasteiger partial charge < -0.3 is 5.11 Å². The summed E-state index contributed by atoms with van der Waals surface area (Å²) in [6.45, 7) is 0.267. The van der Waals surface area contributed by atoms with Crippen LogP contribution in [-0.2, 0) is 14.4 Å². The molecule has 8 heteroatoms. The van der Waals surface area contributed by atoms with Crippen molar-refractivity contribution in [3.05, 3.63) is 10.4 Å². The van der Waals surface area contributed by atoms with E-state index in [0.717, 1.165) is 0 Å². The van der Waals surface area contributed by atoms with Crippen LogP contribution in [0.4, 0.5) is 0 Å². The summed E-state index contributed by atoms with van der Waals surface area (Å²) >= 11 is 0. The molecule has 1 rings (SSSR count). The van der Waals surface area contributed by atoms with E-state index in [1.54, 1.807) is 0 Å². The maximum absolute atomic E-state index is 10.1. The summed E-state index contributed by atoms with van der Waals surface area (Å²) in [5.41, 5.74) is 7.74. The minimum Gasteiger partial charge on any atom is -0.481 e. The lowest BCUT2D eigenvalue weighted by Crippen LogP contribution is -2.18. The molecule has 1 fully saturated rings. The standard InChI is InChI=1S/C4H7N3O2.C4H5NO2/c5-7-6-3-1-2-4(8)9;6-3-1-2-4(7)5-3/h1-3H2,(H,8,9);1-2H2,(H,5,6,7). The molecule has 1 aliphatic rings. The maximum atomic E-state index is 10.1. The van der Waals surface area contributed by atoms with Crippen LogP contribution >= 0.6 is 0 Å². The lowest BCUT2D eigenvalue weighted by molar-refractivity contribution is -0.137. The van der Waals surface area contributed by atoms with Crippen LogP contribution in [0.25, 0.3) is 10.4 Å². The monoisotopic (exact) mass is 228 g/mol. The SMILES string of the molecule is O=C1CCC(=O)N1.[N-]=[N+]=NCCCC(=O)O. The first-order valence-corrected chi connectivity index (χ1v) is 4.61. The Morgan fingerprint density at radius 1 is 1.44 bits per heavy atom. The van der Waals surface area contributed by atoms with Gasteiger partial charge in [0.2, 0.25) is 11.8 Å². The molecule has 0 aromatic heterocycles. The predicted molar refractivity (Wildman–Crippen MR) is 53.3 cm³/mol. The van der Waals surface area contributed by atoms with E-state index < -0.39 is 5.97 Å². The molecular weight excluding hydrogens is 216 g/mol. The number of aliphatic carboxylic acids is 1. The molecule has 88 valence electrons. The molecule has 2 N–H and O–H groups in total. The van der Waals surface area contributed by atoms with Crippen LogP contribution in [0.2, 0.25) is 0 Å². The van der Waals surface area contributed by atoms with Crippen molar-refractivity contribution in [2.45, 2.75) is 25.7 Å². The first-order chi connectivity index (χ1) is 7.56. The van der Waals surface area contributed by atoms with Gasteiger partial charge in [-0.1, -0.05) is 5.11 Å². The van der Waals surface area contributed by atoms with E-state index in [1.165, 1.54) is 0 Å². The van der Waals surface area contributed by atoms with E-state index >= 15 is 0 Å². The van der Waals surface area contributed by atoms with E-state index in [0.29, 0.717) is 19.3 Å². The van der Waals surface area contributed by atoms with Gasteiger partial charge in [-0.05, 0) is 12.0 Å². The quantitative estimate of drug-likeness (QED) is 0.239. The summed E-state index contributed by atoms with van der Waals surface area (Å²) in [6.07, 6.45) is 1.23. The second-order valence-corrected chi connectivity index (χ2v) is 2.92. The van der Waals surface area contributed by atoms with Crippen LogP contribution in [0.1, 0.15) is 25.7 Å². The van der Waals surface area contributed by atoms with Gasteiger partial charge in [-0.2, -0.15) is 0 Å². The minimum atomic E-state index is -0.858. The van der Waals surface area contributed by atoms with Crippen LogP contribution in [0.15, 0.2) is 5.11 Å². The topological polar surface area (TPSA) is 132 Å². The Bertz CT molecular complexity index is 306. The maximum Gasteiger partial charge on any atom is 0.303 e. The molecule has 0 atom stereocenters. The number of carbonyl (C=O) groups is 3. The highest BCUT2D eigenvalue weighted by Gasteiger charge is 2.15. The predicted octanol–water partition coefficient (Wildman–Crippen LogP) is 0.584. The van der Waals surface area contributed by atoms with E-state index in [1.807, 2.05) is 0 Å². The smallest absolute Gasteiger partial charge is 0.303 e. The molecule has 0 aliphatic carbocycles. The molecule has 0 bridgehead atoms. The summed E-state index contributed by atoms with van der Waals surface area (Å²) < 4.78 is 0. The third-order valence-electron chi connectivity index (χ3n) is 1.57. The molecule has 0 aromatic carbocycles. The summed E-state index contributed by atoms with van der Waals surface area (Å²) in [5, 5.41) is 13.4. The largest absolute Gasteiger partial charge is 0.481 e. The normalized spacial score (nSPS) is 13.2. The summed E-state index contributed by atoms with van der Waals surface area (Å²) in [4.78, 5) is 32.5. The summed E-state index contributed by atoms with van der Waals surface area (Å²) in [6, 6.07) is 0. The van der Waals surface area contributed by atoms with Gasteiger partial charge in [0.15, 0.2) is 0 Å². The number of carboxylic acids is 1. The van der Waals surface area contributed by atoms with E-state index in [9.17, 15) is 14.4 Å². The van der Waals surface area contributed by atoms with Gasteiger partial charge in [-0.25, -0.2) is 0 Å². The highest BCUT2D eigenvalue weighted by atomic mass is 16.4. The Balaban J connectivity index is 0.000000288. The number of nitrogens with one attached hydrogen (secondary N) is 1. The van der Waals surface area contributed by atoms with Crippen molar-refractivity contribution < 1.29 is 19.5 Å². The zero-order chi connectivity index (χ0) is 12.4. The van der Waals surface area contributed by atoms with E-state index in [-0.39, 0.29) is 24.8 Å².